The summed E-state index contributed by atoms with van der Waals surface area (Å²) < 4.78 is 14.9. The number of nitrogens with zero attached hydrogens (tertiary/aromatic N) is 3. The molecule has 0 spiro atoms. The van der Waals surface area contributed by atoms with Crippen LogP contribution in [-0.4, -0.2) is 15.0 Å². The quantitative estimate of drug-likeness (QED) is 0.137. The van der Waals surface area contributed by atoms with Crippen molar-refractivity contribution >= 4 is 33.8 Å². The summed E-state index contributed by atoms with van der Waals surface area (Å²) in [7, 11) is -3.05. The fourth-order valence-corrected chi connectivity index (χ4v) is 10.5. The number of hydrogen-bond donors (Lipinski definition) is 0. The Morgan fingerprint density at radius 1 is 0.267 bits per heavy atom. The zero-order valence-electron chi connectivity index (χ0n) is 32.6. The average molecular weight is 788 g/mol. The molecule has 0 unspecified atom stereocenters. The molecule has 9 aromatic carbocycles. The molecule has 0 aliphatic rings. The van der Waals surface area contributed by atoms with Crippen molar-refractivity contribution in [1.29, 1.82) is 0 Å². The smallest absolute Gasteiger partial charge is 0.171 e. The topological polar surface area (TPSA) is 55.7 Å². The average Bonchev–Trinajstić information content (AvgIpc) is 3.34. The maximum absolute atomic E-state index is 14.9. The molecule has 0 atom stereocenters. The van der Waals surface area contributed by atoms with Crippen LogP contribution in [0.2, 0.25) is 0 Å². The predicted molar refractivity (Wildman–Crippen MR) is 249 cm³/mol. The van der Waals surface area contributed by atoms with Crippen molar-refractivity contribution in [3.8, 4) is 67.5 Å². The Morgan fingerprint density at radius 3 is 0.950 bits per heavy atom. The summed E-state index contributed by atoms with van der Waals surface area (Å²) in [6, 6.07) is 78.3. The first-order valence-corrected chi connectivity index (χ1v) is 21.7. The standard InChI is InChI=1S/C55H38N3OP/c59-60(48-21-9-3-10-22-48,49-23-11-4-12-24-49)50-35-33-40(34-36-50)39-25-27-41(28-26-39)51-37-46-19-13-14-20-47(46)38-52(51)42-29-31-45(32-30-42)55-57-53(43-15-5-1-6-16-43)56-54(58-55)44-17-7-2-8-18-44/h1-38H. The van der Waals surface area contributed by atoms with Gasteiger partial charge >= 0.3 is 0 Å². The van der Waals surface area contributed by atoms with Crippen molar-refractivity contribution in [3.05, 3.63) is 231 Å². The van der Waals surface area contributed by atoms with Gasteiger partial charge in [0, 0.05) is 32.6 Å². The number of rotatable bonds is 9. The van der Waals surface area contributed by atoms with E-state index in [9.17, 15) is 4.57 Å². The van der Waals surface area contributed by atoms with E-state index in [2.05, 4.69) is 97.1 Å². The fourth-order valence-electron chi connectivity index (χ4n) is 7.88. The molecule has 10 rings (SSSR count). The molecule has 0 saturated carbocycles. The molecule has 0 aliphatic heterocycles. The lowest BCUT2D eigenvalue weighted by atomic mass is 9.90. The van der Waals surface area contributed by atoms with Gasteiger partial charge in [-0.3, -0.25) is 0 Å². The van der Waals surface area contributed by atoms with Crippen LogP contribution in [0, 0.1) is 0 Å². The number of hydrogen-bond acceptors (Lipinski definition) is 4. The van der Waals surface area contributed by atoms with E-state index in [1.165, 1.54) is 10.8 Å². The molecule has 0 bridgehead atoms. The first kappa shape index (κ1) is 36.8. The highest BCUT2D eigenvalue weighted by molar-refractivity contribution is 7.85. The highest BCUT2D eigenvalue weighted by Gasteiger charge is 2.29. The monoisotopic (exact) mass is 787 g/mol. The zero-order chi connectivity index (χ0) is 40.3. The molecule has 0 N–H and O–H groups in total. The lowest BCUT2D eigenvalue weighted by Gasteiger charge is -2.20. The Hall–Kier alpha value is -7.52. The van der Waals surface area contributed by atoms with Crippen molar-refractivity contribution in [2.75, 3.05) is 0 Å². The summed E-state index contributed by atoms with van der Waals surface area (Å²) >= 11 is 0. The summed E-state index contributed by atoms with van der Waals surface area (Å²) in [5, 5.41) is 4.83. The fraction of sp³-hybridized carbons (Fsp3) is 0. The molecule has 0 radical (unpaired) electrons. The van der Waals surface area contributed by atoms with Gasteiger partial charge in [-0.2, -0.15) is 0 Å². The Morgan fingerprint density at radius 2 is 0.550 bits per heavy atom. The first-order valence-electron chi connectivity index (χ1n) is 20.0. The minimum atomic E-state index is -3.05. The molecule has 4 nitrogen and oxygen atoms in total. The van der Waals surface area contributed by atoms with Crippen LogP contribution >= 0.6 is 7.14 Å². The normalized spacial score (nSPS) is 11.4. The van der Waals surface area contributed by atoms with Gasteiger partial charge in [-0.1, -0.05) is 218 Å². The summed E-state index contributed by atoms with van der Waals surface area (Å²) in [5.41, 5.74) is 9.46. The molecule has 60 heavy (non-hydrogen) atoms. The van der Waals surface area contributed by atoms with E-state index in [0.29, 0.717) is 17.5 Å². The molecule has 5 heteroatoms. The third-order valence-electron chi connectivity index (χ3n) is 11.0. The van der Waals surface area contributed by atoms with Crippen LogP contribution in [0.3, 0.4) is 0 Å². The van der Waals surface area contributed by atoms with E-state index < -0.39 is 7.14 Å². The van der Waals surface area contributed by atoms with Gasteiger partial charge in [0.15, 0.2) is 24.6 Å². The highest BCUT2D eigenvalue weighted by Crippen LogP contribution is 2.43. The van der Waals surface area contributed by atoms with Crippen LogP contribution in [0.4, 0.5) is 0 Å². The van der Waals surface area contributed by atoms with Gasteiger partial charge in [-0.25, -0.2) is 15.0 Å². The van der Waals surface area contributed by atoms with E-state index in [4.69, 9.17) is 15.0 Å². The molecule has 0 saturated heterocycles. The molecule has 284 valence electrons. The molecular weight excluding hydrogens is 750 g/mol. The van der Waals surface area contributed by atoms with Gasteiger partial charge < -0.3 is 4.57 Å². The zero-order valence-corrected chi connectivity index (χ0v) is 33.5. The van der Waals surface area contributed by atoms with Crippen LogP contribution in [0.25, 0.3) is 78.3 Å². The lowest BCUT2D eigenvalue weighted by molar-refractivity contribution is 0.592. The molecule has 0 fully saturated rings. The van der Waals surface area contributed by atoms with E-state index in [-0.39, 0.29) is 0 Å². The van der Waals surface area contributed by atoms with Crippen LogP contribution in [0.1, 0.15) is 0 Å². The highest BCUT2D eigenvalue weighted by atomic mass is 31.2. The third kappa shape index (κ3) is 7.15. The minimum absolute atomic E-state index is 0.625. The molecule has 1 aromatic heterocycles. The molecule has 1 heterocycles. The lowest BCUT2D eigenvalue weighted by Crippen LogP contribution is -2.24. The van der Waals surface area contributed by atoms with Gasteiger partial charge in [0.1, 0.15) is 0 Å². The number of benzene rings is 9. The number of aromatic nitrogens is 3. The first-order chi connectivity index (χ1) is 29.6. The third-order valence-corrected chi connectivity index (χ3v) is 14.1. The minimum Gasteiger partial charge on any atom is -0.309 e. The van der Waals surface area contributed by atoms with Crippen molar-refractivity contribution in [1.82, 2.24) is 15.0 Å². The van der Waals surface area contributed by atoms with Crippen LogP contribution in [0.5, 0.6) is 0 Å². The second-order valence-electron chi connectivity index (χ2n) is 14.8. The van der Waals surface area contributed by atoms with E-state index in [0.717, 1.165) is 66.0 Å². The molecule has 0 aliphatic carbocycles. The Balaban J connectivity index is 0.989. The Bertz CT molecular complexity index is 3020. The maximum Gasteiger partial charge on any atom is 0.171 e. The van der Waals surface area contributed by atoms with Crippen molar-refractivity contribution in [2.45, 2.75) is 0 Å². The second kappa shape index (κ2) is 16.0. The van der Waals surface area contributed by atoms with E-state index in [1.54, 1.807) is 0 Å². The summed E-state index contributed by atoms with van der Waals surface area (Å²) in [4.78, 5) is 14.8. The van der Waals surface area contributed by atoms with Gasteiger partial charge in [0.2, 0.25) is 0 Å². The Labute approximate surface area is 350 Å². The SMILES string of the molecule is O=P(c1ccccc1)(c1ccccc1)c1ccc(-c2ccc(-c3cc4ccccc4cc3-c3ccc(-c4nc(-c5ccccc5)nc(-c5ccccc5)n4)cc3)cc2)cc1. The van der Waals surface area contributed by atoms with Crippen LogP contribution in [-0.2, 0) is 4.57 Å². The number of fused-ring (bicyclic) bond motifs is 1. The van der Waals surface area contributed by atoms with Gasteiger partial charge in [0.05, 0.1) is 0 Å². The summed E-state index contributed by atoms with van der Waals surface area (Å²) in [5.74, 6) is 1.90. The second-order valence-corrected chi connectivity index (χ2v) is 17.5. The van der Waals surface area contributed by atoms with Crippen LogP contribution < -0.4 is 15.9 Å². The van der Waals surface area contributed by atoms with Gasteiger partial charge in [0.25, 0.3) is 0 Å². The van der Waals surface area contributed by atoms with Crippen LogP contribution in [0.15, 0.2) is 231 Å². The summed E-state index contributed by atoms with van der Waals surface area (Å²) in [6.07, 6.45) is 0. The van der Waals surface area contributed by atoms with Gasteiger partial charge in [-0.15, -0.1) is 0 Å². The Kier molecular flexibility index (Phi) is 9.83. The summed E-state index contributed by atoms with van der Waals surface area (Å²) in [6.45, 7) is 0. The largest absolute Gasteiger partial charge is 0.309 e. The van der Waals surface area contributed by atoms with Crippen molar-refractivity contribution < 1.29 is 4.57 Å². The molecule has 10 aromatic rings. The maximum atomic E-state index is 14.9. The van der Waals surface area contributed by atoms with E-state index >= 15 is 0 Å². The molecular formula is C55H38N3OP. The molecule has 0 amide bonds. The van der Waals surface area contributed by atoms with E-state index in [1.807, 2.05) is 133 Å². The predicted octanol–water partition coefficient (Wildman–Crippen LogP) is 12.7. The van der Waals surface area contributed by atoms with Crippen molar-refractivity contribution in [2.24, 2.45) is 0 Å². The van der Waals surface area contributed by atoms with Crippen molar-refractivity contribution in [3.63, 3.8) is 0 Å². The van der Waals surface area contributed by atoms with Gasteiger partial charge in [-0.05, 0) is 56.3 Å².